The maximum atomic E-state index is 13.9. The van der Waals surface area contributed by atoms with Crippen LogP contribution >= 0.6 is 0 Å². The number of aryl methyl sites for hydroxylation is 1. The number of likely N-dealkylation sites (tertiary alicyclic amines) is 1. The Labute approximate surface area is 206 Å². The molecule has 1 fully saturated rings. The first-order chi connectivity index (χ1) is 17.2. The highest BCUT2D eigenvalue weighted by Gasteiger charge is 2.26. The number of halogens is 2. The predicted molar refractivity (Wildman–Crippen MR) is 137 cm³/mol. The molecule has 0 saturated carbocycles. The van der Waals surface area contributed by atoms with Crippen molar-refractivity contribution in [2.75, 3.05) is 26.3 Å². The van der Waals surface area contributed by atoms with Crippen molar-refractivity contribution >= 4 is 11.1 Å². The van der Waals surface area contributed by atoms with Crippen molar-refractivity contribution in [3.05, 3.63) is 106 Å². The molecule has 0 N–H and O–H groups in total. The maximum absolute atomic E-state index is 13.9. The van der Waals surface area contributed by atoms with Crippen LogP contribution < -0.4 is 0 Å². The zero-order valence-electron chi connectivity index (χ0n) is 19.9. The third-order valence-corrected chi connectivity index (χ3v) is 7.30. The highest BCUT2D eigenvalue weighted by atomic mass is 19.1. The Morgan fingerprint density at radius 2 is 1.74 bits per heavy atom. The molecule has 1 heterocycles. The second-order valence-corrected chi connectivity index (χ2v) is 9.74. The van der Waals surface area contributed by atoms with Crippen LogP contribution in [0.1, 0.15) is 52.6 Å². The Balaban J connectivity index is 1.49. The first kappa shape index (κ1) is 23.5. The van der Waals surface area contributed by atoms with Gasteiger partial charge < -0.3 is 4.90 Å². The van der Waals surface area contributed by atoms with E-state index in [0.717, 1.165) is 67.6 Å². The SMILES string of the molecule is N#Cc1cc(F)ccc1C1=C(c2ccc(CC3CN(CCCF)C3)cc2)c2ccccc2CCC1. The van der Waals surface area contributed by atoms with Crippen LogP contribution in [0, 0.1) is 23.1 Å². The normalized spacial score (nSPS) is 16.4. The number of alkyl halides is 1. The molecule has 1 aliphatic carbocycles. The summed E-state index contributed by atoms with van der Waals surface area (Å²) >= 11 is 0. The van der Waals surface area contributed by atoms with E-state index in [2.05, 4.69) is 59.5 Å². The van der Waals surface area contributed by atoms with Crippen molar-refractivity contribution in [3.63, 3.8) is 0 Å². The number of allylic oxidation sites excluding steroid dienone is 1. The van der Waals surface area contributed by atoms with Gasteiger partial charge in [-0.05, 0) is 89.1 Å². The largest absolute Gasteiger partial charge is 0.303 e. The molecule has 0 atom stereocenters. The van der Waals surface area contributed by atoms with Crippen LogP contribution in [0.15, 0.2) is 66.7 Å². The predicted octanol–water partition coefficient (Wildman–Crippen LogP) is 6.83. The third-order valence-electron chi connectivity index (χ3n) is 7.30. The fourth-order valence-electron chi connectivity index (χ4n) is 5.61. The summed E-state index contributed by atoms with van der Waals surface area (Å²) < 4.78 is 26.3. The van der Waals surface area contributed by atoms with E-state index >= 15 is 0 Å². The van der Waals surface area contributed by atoms with Crippen LogP contribution in [0.5, 0.6) is 0 Å². The number of benzene rings is 3. The quantitative estimate of drug-likeness (QED) is 0.380. The standard InChI is InChI=1S/C31H30F2N2/c32-15-4-16-35-20-23(21-35)17-22-9-11-25(12-10-22)31-29-7-2-1-5-24(29)6-3-8-30(31)28-14-13-27(33)18-26(28)19-34/h1-2,5,7,9-14,18,23H,3-4,6,8,15-17,20-21H2. The Kier molecular flexibility index (Phi) is 7.06. The van der Waals surface area contributed by atoms with Gasteiger partial charge in [-0.25, -0.2) is 4.39 Å². The molecule has 35 heavy (non-hydrogen) atoms. The average Bonchev–Trinajstić information content (AvgIpc) is 3.05. The van der Waals surface area contributed by atoms with Gasteiger partial charge in [0.25, 0.3) is 0 Å². The molecule has 2 aliphatic rings. The van der Waals surface area contributed by atoms with Crippen molar-refractivity contribution in [3.8, 4) is 6.07 Å². The fourth-order valence-corrected chi connectivity index (χ4v) is 5.61. The van der Waals surface area contributed by atoms with Gasteiger partial charge in [-0.2, -0.15) is 5.26 Å². The highest BCUT2D eigenvalue weighted by Crippen LogP contribution is 2.41. The molecular formula is C31H30F2N2. The molecule has 5 rings (SSSR count). The van der Waals surface area contributed by atoms with Crippen molar-refractivity contribution in [1.29, 1.82) is 5.26 Å². The minimum absolute atomic E-state index is 0.239. The molecule has 1 aliphatic heterocycles. The van der Waals surface area contributed by atoms with Crippen LogP contribution in [0.4, 0.5) is 8.78 Å². The smallest absolute Gasteiger partial charge is 0.124 e. The number of hydrogen-bond donors (Lipinski definition) is 0. The van der Waals surface area contributed by atoms with Gasteiger partial charge in [0.15, 0.2) is 0 Å². The first-order valence-electron chi connectivity index (χ1n) is 12.6. The molecule has 1 saturated heterocycles. The Hall–Kier alpha value is -3.29. The number of fused-ring (bicyclic) bond motifs is 1. The van der Waals surface area contributed by atoms with Gasteiger partial charge in [0.2, 0.25) is 0 Å². The molecule has 0 unspecified atom stereocenters. The molecule has 2 nitrogen and oxygen atoms in total. The molecular weight excluding hydrogens is 438 g/mol. The van der Waals surface area contributed by atoms with Gasteiger partial charge in [-0.3, -0.25) is 4.39 Å². The monoisotopic (exact) mass is 468 g/mol. The number of hydrogen-bond acceptors (Lipinski definition) is 2. The van der Waals surface area contributed by atoms with Gasteiger partial charge >= 0.3 is 0 Å². The summed E-state index contributed by atoms with van der Waals surface area (Å²) in [7, 11) is 0. The van der Waals surface area contributed by atoms with E-state index < -0.39 is 0 Å². The maximum Gasteiger partial charge on any atom is 0.124 e. The van der Waals surface area contributed by atoms with E-state index in [9.17, 15) is 14.0 Å². The molecule has 0 bridgehead atoms. The lowest BCUT2D eigenvalue weighted by molar-refractivity contribution is 0.0968. The third kappa shape index (κ3) is 5.06. The summed E-state index contributed by atoms with van der Waals surface area (Å²) in [4.78, 5) is 2.33. The second-order valence-electron chi connectivity index (χ2n) is 9.74. The Morgan fingerprint density at radius 1 is 0.943 bits per heavy atom. The van der Waals surface area contributed by atoms with Gasteiger partial charge in [0, 0.05) is 19.6 Å². The zero-order valence-corrected chi connectivity index (χ0v) is 19.9. The summed E-state index contributed by atoms with van der Waals surface area (Å²) in [6, 6.07) is 24.1. The molecule has 0 aromatic heterocycles. The summed E-state index contributed by atoms with van der Waals surface area (Å²) in [6.45, 7) is 2.71. The Morgan fingerprint density at radius 3 is 2.51 bits per heavy atom. The topological polar surface area (TPSA) is 27.0 Å². The first-order valence-corrected chi connectivity index (χ1v) is 12.6. The van der Waals surface area contributed by atoms with Crippen LogP contribution in [0.25, 0.3) is 11.1 Å². The number of nitriles is 1. The van der Waals surface area contributed by atoms with Crippen LogP contribution in [-0.2, 0) is 12.8 Å². The van der Waals surface area contributed by atoms with E-state index in [1.165, 1.54) is 28.8 Å². The number of rotatable bonds is 7. The van der Waals surface area contributed by atoms with Crippen molar-refractivity contribution < 1.29 is 8.78 Å². The minimum Gasteiger partial charge on any atom is -0.303 e. The van der Waals surface area contributed by atoms with Gasteiger partial charge in [-0.1, -0.05) is 54.6 Å². The summed E-state index contributed by atoms with van der Waals surface area (Å²) in [5, 5.41) is 9.75. The molecule has 3 aromatic carbocycles. The minimum atomic E-state index is -0.384. The van der Waals surface area contributed by atoms with Crippen LogP contribution in [-0.4, -0.2) is 31.2 Å². The lowest BCUT2D eigenvalue weighted by Gasteiger charge is -2.39. The van der Waals surface area contributed by atoms with E-state index in [0.29, 0.717) is 17.9 Å². The zero-order chi connectivity index (χ0) is 24.2. The molecule has 0 radical (unpaired) electrons. The van der Waals surface area contributed by atoms with Gasteiger partial charge in [0.05, 0.1) is 18.3 Å². The van der Waals surface area contributed by atoms with Gasteiger partial charge in [0.1, 0.15) is 5.82 Å². The summed E-state index contributed by atoms with van der Waals surface area (Å²) in [5.41, 5.74) is 8.42. The molecule has 0 amide bonds. The number of nitrogens with zero attached hydrogens (tertiary/aromatic N) is 2. The van der Waals surface area contributed by atoms with E-state index in [-0.39, 0.29) is 12.5 Å². The summed E-state index contributed by atoms with van der Waals surface area (Å²) in [5.74, 6) is 0.247. The Bertz CT molecular complexity index is 1260. The van der Waals surface area contributed by atoms with Crippen molar-refractivity contribution in [2.45, 2.75) is 32.1 Å². The van der Waals surface area contributed by atoms with E-state index in [1.807, 2.05) is 0 Å². The van der Waals surface area contributed by atoms with E-state index in [1.54, 1.807) is 6.07 Å². The lowest BCUT2D eigenvalue weighted by Crippen LogP contribution is -2.47. The van der Waals surface area contributed by atoms with Crippen LogP contribution in [0.3, 0.4) is 0 Å². The lowest BCUT2D eigenvalue weighted by atomic mass is 9.85. The van der Waals surface area contributed by atoms with Crippen LogP contribution in [0.2, 0.25) is 0 Å². The average molecular weight is 469 g/mol. The van der Waals surface area contributed by atoms with Gasteiger partial charge in [-0.15, -0.1) is 0 Å². The molecule has 3 aromatic rings. The van der Waals surface area contributed by atoms with E-state index in [4.69, 9.17) is 0 Å². The fraction of sp³-hybridized carbons (Fsp3) is 0.323. The van der Waals surface area contributed by atoms with Crippen molar-refractivity contribution in [1.82, 2.24) is 4.90 Å². The second kappa shape index (κ2) is 10.5. The molecule has 4 heteroatoms. The van der Waals surface area contributed by atoms with Crippen molar-refractivity contribution in [2.24, 2.45) is 5.92 Å². The highest BCUT2D eigenvalue weighted by molar-refractivity contribution is 6.00. The molecule has 0 spiro atoms. The summed E-state index contributed by atoms with van der Waals surface area (Å²) in [6.07, 6.45) is 4.46. The molecule has 178 valence electrons.